The van der Waals surface area contributed by atoms with Crippen molar-refractivity contribution in [2.45, 2.75) is 44.8 Å². The van der Waals surface area contributed by atoms with Crippen molar-refractivity contribution in [2.75, 3.05) is 13.2 Å². The van der Waals surface area contributed by atoms with Crippen molar-refractivity contribution < 1.29 is 9.47 Å². The van der Waals surface area contributed by atoms with Gasteiger partial charge in [0.15, 0.2) is 0 Å². The van der Waals surface area contributed by atoms with Gasteiger partial charge in [-0.1, -0.05) is 0 Å². The van der Waals surface area contributed by atoms with Crippen molar-refractivity contribution in [3.05, 3.63) is 17.1 Å². The molecule has 0 saturated carbocycles. The first kappa shape index (κ1) is 11.9. The first-order valence-electron chi connectivity index (χ1n) is 6.62. The average Bonchev–Trinajstić information content (AvgIpc) is 2.85. The van der Waals surface area contributed by atoms with E-state index >= 15 is 0 Å². The molecule has 0 bridgehead atoms. The molecule has 18 heavy (non-hydrogen) atoms. The SMILES string of the molecule is CC1CC(c2nc(CN)nc3c2CCO3)CCO1. The topological polar surface area (TPSA) is 70.3 Å². The van der Waals surface area contributed by atoms with Crippen LogP contribution in [0.2, 0.25) is 0 Å². The van der Waals surface area contributed by atoms with Gasteiger partial charge in [-0.25, -0.2) is 4.98 Å². The fourth-order valence-corrected chi connectivity index (χ4v) is 2.81. The number of fused-ring (bicyclic) bond motifs is 1. The second kappa shape index (κ2) is 4.82. The number of rotatable bonds is 2. The van der Waals surface area contributed by atoms with Crippen LogP contribution >= 0.6 is 0 Å². The van der Waals surface area contributed by atoms with Crippen molar-refractivity contribution in [1.29, 1.82) is 0 Å². The molecule has 0 aliphatic carbocycles. The highest BCUT2D eigenvalue weighted by atomic mass is 16.5. The summed E-state index contributed by atoms with van der Waals surface area (Å²) in [5, 5.41) is 0. The predicted octanol–water partition coefficient (Wildman–Crippen LogP) is 1.15. The van der Waals surface area contributed by atoms with Gasteiger partial charge >= 0.3 is 0 Å². The fourth-order valence-electron chi connectivity index (χ4n) is 2.81. The zero-order valence-electron chi connectivity index (χ0n) is 10.7. The van der Waals surface area contributed by atoms with Gasteiger partial charge in [-0.3, -0.25) is 0 Å². The van der Waals surface area contributed by atoms with E-state index in [1.807, 2.05) is 0 Å². The first-order chi connectivity index (χ1) is 8.78. The Balaban J connectivity index is 1.97. The molecule has 0 aromatic carbocycles. The molecular formula is C13H19N3O2. The molecule has 2 unspecified atom stereocenters. The zero-order valence-corrected chi connectivity index (χ0v) is 10.7. The quantitative estimate of drug-likeness (QED) is 0.851. The summed E-state index contributed by atoms with van der Waals surface area (Å²) in [4.78, 5) is 9.01. The Kier molecular flexibility index (Phi) is 3.18. The molecule has 0 spiro atoms. The van der Waals surface area contributed by atoms with Crippen LogP contribution < -0.4 is 10.5 Å². The van der Waals surface area contributed by atoms with Crippen LogP contribution in [0.4, 0.5) is 0 Å². The maximum absolute atomic E-state index is 5.66. The van der Waals surface area contributed by atoms with Gasteiger partial charge in [0.2, 0.25) is 5.88 Å². The monoisotopic (exact) mass is 249 g/mol. The maximum atomic E-state index is 5.66. The standard InChI is InChI=1S/C13H19N3O2/c1-8-6-9(2-4-17-8)12-10-3-5-18-13(10)16-11(7-14)15-12/h8-9H,2-7,14H2,1H3. The number of hydrogen-bond acceptors (Lipinski definition) is 5. The van der Waals surface area contributed by atoms with Gasteiger partial charge in [0, 0.05) is 24.5 Å². The molecule has 3 heterocycles. The maximum Gasteiger partial charge on any atom is 0.220 e. The van der Waals surface area contributed by atoms with E-state index in [4.69, 9.17) is 15.2 Å². The summed E-state index contributed by atoms with van der Waals surface area (Å²) < 4.78 is 11.2. The molecule has 5 nitrogen and oxygen atoms in total. The van der Waals surface area contributed by atoms with Gasteiger partial charge in [-0.15, -0.1) is 0 Å². The normalized spacial score (nSPS) is 26.8. The van der Waals surface area contributed by atoms with Crippen molar-refractivity contribution in [1.82, 2.24) is 9.97 Å². The zero-order chi connectivity index (χ0) is 12.5. The summed E-state index contributed by atoms with van der Waals surface area (Å²) in [5.74, 6) is 1.89. The molecule has 98 valence electrons. The average molecular weight is 249 g/mol. The summed E-state index contributed by atoms with van der Waals surface area (Å²) in [6, 6.07) is 0. The molecule has 5 heteroatoms. The van der Waals surface area contributed by atoms with Crippen molar-refractivity contribution >= 4 is 0 Å². The largest absolute Gasteiger partial charge is 0.477 e. The second-order valence-corrected chi connectivity index (χ2v) is 5.01. The van der Waals surface area contributed by atoms with Crippen molar-refractivity contribution in [2.24, 2.45) is 5.73 Å². The third-order valence-corrected chi connectivity index (χ3v) is 3.69. The highest BCUT2D eigenvalue weighted by Crippen LogP contribution is 2.35. The number of ether oxygens (including phenoxy) is 2. The summed E-state index contributed by atoms with van der Waals surface area (Å²) in [7, 11) is 0. The third-order valence-electron chi connectivity index (χ3n) is 3.69. The Hall–Kier alpha value is -1.20. The van der Waals surface area contributed by atoms with Gasteiger partial charge in [0.25, 0.3) is 0 Å². The molecule has 1 aromatic rings. The summed E-state index contributed by atoms with van der Waals surface area (Å²) >= 11 is 0. The van der Waals surface area contributed by atoms with E-state index in [0.717, 1.165) is 37.4 Å². The molecule has 2 aliphatic heterocycles. The van der Waals surface area contributed by atoms with E-state index < -0.39 is 0 Å². The number of aromatic nitrogens is 2. The Morgan fingerprint density at radius 2 is 2.22 bits per heavy atom. The number of nitrogens with zero attached hydrogens (tertiary/aromatic N) is 2. The lowest BCUT2D eigenvalue weighted by Gasteiger charge is -2.27. The van der Waals surface area contributed by atoms with Crippen LogP contribution in [0.5, 0.6) is 5.88 Å². The molecule has 1 fully saturated rings. The smallest absolute Gasteiger partial charge is 0.220 e. The Bertz CT molecular complexity index is 450. The van der Waals surface area contributed by atoms with E-state index in [0.29, 0.717) is 31.0 Å². The van der Waals surface area contributed by atoms with Gasteiger partial charge in [0.1, 0.15) is 5.82 Å². The molecule has 1 aromatic heterocycles. The summed E-state index contributed by atoms with van der Waals surface area (Å²) in [6.07, 6.45) is 3.27. The fraction of sp³-hybridized carbons (Fsp3) is 0.692. The molecule has 2 aliphatic rings. The van der Waals surface area contributed by atoms with Crippen LogP contribution in [-0.2, 0) is 17.7 Å². The molecule has 1 saturated heterocycles. The predicted molar refractivity (Wildman–Crippen MR) is 66.5 cm³/mol. The highest BCUT2D eigenvalue weighted by Gasteiger charge is 2.29. The van der Waals surface area contributed by atoms with E-state index in [1.165, 1.54) is 5.56 Å². The lowest BCUT2D eigenvalue weighted by atomic mass is 9.90. The lowest BCUT2D eigenvalue weighted by molar-refractivity contribution is 0.0178. The lowest BCUT2D eigenvalue weighted by Crippen LogP contribution is -2.23. The van der Waals surface area contributed by atoms with Crippen LogP contribution in [0.25, 0.3) is 0 Å². The van der Waals surface area contributed by atoms with E-state index in [2.05, 4.69) is 16.9 Å². The molecule has 0 radical (unpaired) electrons. The van der Waals surface area contributed by atoms with E-state index in [-0.39, 0.29) is 0 Å². The highest BCUT2D eigenvalue weighted by molar-refractivity contribution is 5.36. The Morgan fingerprint density at radius 3 is 3.00 bits per heavy atom. The number of hydrogen-bond donors (Lipinski definition) is 1. The third kappa shape index (κ3) is 2.08. The molecular weight excluding hydrogens is 230 g/mol. The van der Waals surface area contributed by atoms with Gasteiger partial charge in [-0.05, 0) is 19.8 Å². The minimum atomic E-state index is 0.304. The molecule has 2 N–H and O–H groups in total. The molecule has 2 atom stereocenters. The minimum Gasteiger partial charge on any atom is -0.477 e. The van der Waals surface area contributed by atoms with Gasteiger partial charge in [-0.2, -0.15) is 4.98 Å². The second-order valence-electron chi connectivity index (χ2n) is 5.01. The minimum absolute atomic E-state index is 0.304. The van der Waals surface area contributed by atoms with Crippen molar-refractivity contribution in [3.8, 4) is 5.88 Å². The van der Waals surface area contributed by atoms with E-state index in [1.54, 1.807) is 0 Å². The van der Waals surface area contributed by atoms with Crippen LogP contribution in [0, 0.1) is 0 Å². The summed E-state index contributed by atoms with van der Waals surface area (Å²) in [5.41, 5.74) is 8.00. The van der Waals surface area contributed by atoms with Crippen LogP contribution in [0.15, 0.2) is 0 Å². The Morgan fingerprint density at radius 1 is 1.33 bits per heavy atom. The van der Waals surface area contributed by atoms with Crippen molar-refractivity contribution in [3.63, 3.8) is 0 Å². The van der Waals surface area contributed by atoms with Gasteiger partial charge in [0.05, 0.1) is 24.9 Å². The number of nitrogens with two attached hydrogens (primary N) is 1. The Labute approximate surface area is 107 Å². The first-order valence-corrected chi connectivity index (χ1v) is 6.62. The molecule has 0 amide bonds. The summed E-state index contributed by atoms with van der Waals surface area (Å²) in [6.45, 7) is 4.00. The van der Waals surface area contributed by atoms with Crippen LogP contribution in [0.3, 0.4) is 0 Å². The van der Waals surface area contributed by atoms with Gasteiger partial charge < -0.3 is 15.2 Å². The van der Waals surface area contributed by atoms with E-state index in [9.17, 15) is 0 Å². The molecule has 3 rings (SSSR count). The van der Waals surface area contributed by atoms with Crippen LogP contribution in [-0.4, -0.2) is 29.3 Å². The van der Waals surface area contributed by atoms with Crippen LogP contribution in [0.1, 0.15) is 42.8 Å².